The van der Waals surface area contributed by atoms with Crippen LogP contribution < -0.4 is 10.1 Å². The summed E-state index contributed by atoms with van der Waals surface area (Å²) in [6, 6.07) is 5.16. The van der Waals surface area contributed by atoms with E-state index in [2.05, 4.69) is 5.32 Å². The maximum absolute atomic E-state index is 12.8. The molecule has 4 nitrogen and oxygen atoms in total. The molecule has 1 aromatic rings. The Morgan fingerprint density at radius 1 is 1.35 bits per heavy atom. The third kappa shape index (κ3) is 4.49. The van der Waals surface area contributed by atoms with Gasteiger partial charge in [0, 0.05) is 0 Å². The zero-order chi connectivity index (χ0) is 15.3. The average Bonchev–Trinajstić information content (AvgIpc) is 2.37. The van der Waals surface area contributed by atoms with Gasteiger partial charge in [0.25, 0.3) is 5.91 Å². The molecule has 0 bridgehead atoms. The first-order valence-corrected chi connectivity index (χ1v) is 6.62. The average molecular weight is 283 g/mol. The second-order valence-electron chi connectivity index (χ2n) is 5.57. The predicted octanol–water partition coefficient (Wildman–Crippen LogP) is 2.12. The van der Waals surface area contributed by atoms with Gasteiger partial charge < -0.3 is 15.2 Å². The molecule has 1 amide bonds. The Morgan fingerprint density at radius 3 is 2.35 bits per heavy atom. The summed E-state index contributed by atoms with van der Waals surface area (Å²) in [5.41, 5.74) is -1.11. The fraction of sp³-hybridized carbons (Fsp3) is 0.533. The summed E-state index contributed by atoms with van der Waals surface area (Å²) < 4.78 is 18.4. The first kappa shape index (κ1) is 16.4. The predicted molar refractivity (Wildman–Crippen MR) is 75.0 cm³/mol. The molecular formula is C15H22FNO3. The normalized spacial score (nSPS) is 13.2. The van der Waals surface area contributed by atoms with Crippen LogP contribution in [0.1, 0.15) is 27.7 Å². The minimum Gasteiger partial charge on any atom is -0.478 e. The van der Waals surface area contributed by atoms with Crippen LogP contribution >= 0.6 is 0 Å². The maximum atomic E-state index is 12.8. The van der Waals surface area contributed by atoms with Crippen molar-refractivity contribution >= 4 is 5.91 Å². The summed E-state index contributed by atoms with van der Waals surface area (Å²) >= 11 is 0. The van der Waals surface area contributed by atoms with E-state index in [-0.39, 0.29) is 30.3 Å². The quantitative estimate of drug-likeness (QED) is 0.840. The third-order valence-corrected chi connectivity index (χ3v) is 3.05. The number of rotatable bonds is 6. The molecule has 1 rings (SSSR count). The number of aliphatic hydroxyl groups is 1. The first-order chi connectivity index (χ1) is 9.26. The number of carbonyl (C=O) groups excluding carboxylic acids is 1. The molecule has 0 fully saturated rings. The van der Waals surface area contributed by atoms with Crippen LogP contribution in [0.5, 0.6) is 5.75 Å². The zero-order valence-corrected chi connectivity index (χ0v) is 12.3. The van der Waals surface area contributed by atoms with Crippen molar-refractivity contribution in [1.82, 2.24) is 5.32 Å². The number of benzene rings is 1. The van der Waals surface area contributed by atoms with Gasteiger partial charge in [-0.2, -0.15) is 0 Å². The number of hydrogen-bond donors (Lipinski definition) is 2. The lowest BCUT2D eigenvalue weighted by atomic mass is 10.0. The topological polar surface area (TPSA) is 58.6 Å². The minimum atomic E-state index is -1.11. The van der Waals surface area contributed by atoms with Gasteiger partial charge in [-0.1, -0.05) is 13.8 Å². The van der Waals surface area contributed by atoms with E-state index in [1.165, 1.54) is 24.3 Å². The summed E-state index contributed by atoms with van der Waals surface area (Å²) in [7, 11) is 0. The number of carbonyl (C=O) groups is 1. The van der Waals surface area contributed by atoms with Gasteiger partial charge in [-0.15, -0.1) is 0 Å². The lowest BCUT2D eigenvalue weighted by Crippen LogP contribution is -2.52. The standard InChI is InChI=1S/C15H22FNO3/c1-10(2)13(9-18)17-14(19)15(3,4)20-12-7-5-11(16)6-8-12/h5-8,10,13,18H,9H2,1-4H3,(H,17,19)/t13-/m1/s1. The largest absolute Gasteiger partial charge is 0.478 e. The van der Waals surface area contributed by atoms with Crippen molar-refractivity contribution in [2.75, 3.05) is 6.61 Å². The maximum Gasteiger partial charge on any atom is 0.263 e. The molecule has 0 aliphatic carbocycles. The van der Waals surface area contributed by atoms with Crippen molar-refractivity contribution in [3.05, 3.63) is 30.1 Å². The fourth-order valence-corrected chi connectivity index (χ4v) is 1.61. The fourth-order valence-electron chi connectivity index (χ4n) is 1.61. The van der Waals surface area contributed by atoms with Crippen LogP contribution in [-0.2, 0) is 4.79 Å². The van der Waals surface area contributed by atoms with Crippen molar-refractivity contribution in [3.63, 3.8) is 0 Å². The molecule has 0 aliphatic heterocycles. The molecule has 112 valence electrons. The SMILES string of the molecule is CC(C)[C@@H](CO)NC(=O)C(C)(C)Oc1ccc(F)cc1. The first-order valence-electron chi connectivity index (χ1n) is 6.62. The molecule has 0 aliphatic rings. The summed E-state index contributed by atoms with van der Waals surface area (Å²) in [4.78, 5) is 12.2. The van der Waals surface area contributed by atoms with Crippen LogP contribution in [0.15, 0.2) is 24.3 Å². The zero-order valence-electron chi connectivity index (χ0n) is 12.3. The molecule has 1 atom stereocenters. The van der Waals surface area contributed by atoms with Gasteiger partial charge in [0.2, 0.25) is 0 Å². The summed E-state index contributed by atoms with van der Waals surface area (Å²) in [5, 5.41) is 12.0. The van der Waals surface area contributed by atoms with E-state index in [1.54, 1.807) is 13.8 Å². The molecule has 0 heterocycles. The van der Waals surface area contributed by atoms with E-state index in [9.17, 15) is 14.3 Å². The van der Waals surface area contributed by atoms with E-state index in [0.717, 1.165) is 0 Å². The summed E-state index contributed by atoms with van der Waals surface area (Å²) in [6.45, 7) is 6.95. The number of nitrogens with one attached hydrogen (secondary N) is 1. The number of amides is 1. The number of ether oxygens (including phenoxy) is 1. The molecule has 20 heavy (non-hydrogen) atoms. The Bertz CT molecular complexity index is 443. The summed E-state index contributed by atoms with van der Waals surface area (Å²) in [6.07, 6.45) is 0. The van der Waals surface area contributed by atoms with Crippen molar-refractivity contribution in [2.45, 2.75) is 39.3 Å². The summed E-state index contributed by atoms with van der Waals surface area (Å²) in [5.74, 6) is -0.156. The monoisotopic (exact) mass is 283 g/mol. The van der Waals surface area contributed by atoms with E-state index >= 15 is 0 Å². The molecule has 1 aromatic carbocycles. The molecule has 0 saturated heterocycles. The highest BCUT2D eigenvalue weighted by Crippen LogP contribution is 2.19. The smallest absolute Gasteiger partial charge is 0.263 e. The second-order valence-corrected chi connectivity index (χ2v) is 5.57. The van der Waals surface area contributed by atoms with Gasteiger partial charge >= 0.3 is 0 Å². The van der Waals surface area contributed by atoms with Gasteiger partial charge in [0.15, 0.2) is 5.60 Å². The van der Waals surface area contributed by atoms with E-state index in [4.69, 9.17) is 4.74 Å². The molecule has 0 aromatic heterocycles. The lowest BCUT2D eigenvalue weighted by Gasteiger charge is -2.29. The van der Waals surface area contributed by atoms with Crippen LogP contribution in [0, 0.1) is 11.7 Å². The molecule has 2 N–H and O–H groups in total. The van der Waals surface area contributed by atoms with Crippen LogP contribution in [0.2, 0.25) is 0 Å². The molecule has 0 radical (unpaired) electrons. The Hall–Kier alpha value is -1.62. The van der Waals surface area contributed by atoms with Crippen molar-refractivity contribution in [2.24, 2.45) is 5.92 Å². The number of hydrogen-bond acceptors (Lipinski definition) is 3. The van der Waals surface area contributed by atoms with Crippen LogP contribution in [0.3, 0.4) is 0 Å². The number of aliphatic hydroxyl groups excluding tert-OH is 1. The van der Waals surface area contributed by atoms with Gasteiger partial charge in [-0.05, 0) is 44.0 Å². The van der Waals surface area contributed by atoms with Crippen LogP contribution in [0.4, 0.5) is 4.39 Å². The van der Waals surface area contributed by atoms with Gasteiger partial charge in [0.05, 0.1) is 12.6 Å². The highest BCUT2D eigenvalue weighted by molar-refractivity contribution is 5.85. The van der Waals surface area contributed by atoms with Gasteiger partial charge in [-0.3, -0.25) is 4.79 Å². The molecule has 0 saturated carbocycles. The van der Waals surface area contributed by atoms with E-state index in [1.807, 2.05) is 13.8 Å². The van der Waals surface area contributed by atoms with Gasteiger partial charge in [-0.25, -0.2) is 4.39 Å². The third-order valence-electron chi connectivity index (χ3n) is 3.05. The Balaban J connectivity index is 2.72. The highest BCUT2D eigenvalue weighted by Gasteiger charge is 2.32. The lowest BCUT2D eigenvalue weighted by molar-refractivity contribution is -0.135. The van der Waals surface area contributed by atoms with Gasteiger partial charge in [0.1, 0.15) is 11.6 Å². The second kappa shape index (κ2) is 6.70. The van der Waals surface area contributed by atoms with Crippen molar-refractivity contribution < 1.29 is 19.0 Å². The Kier molecular flexibility index (Phi) is 5.51. The molecule has 0 spiro atoms. The van der Waals surface area contributed by atoms with Crippen molar-refractivity contribution in [1.29, 1.82) is 0 Å². The molecular weight excluding hydrogens is 261 g/mol. The van der Waals surface area contributed by atoms with Crippen LogP contribution in [-0.4, -0.2) is 29.3 Å². The van der Waals surface area contributed by atoms with Crippen molar-refractivity contribution in [3.8, 4) is 5.75 Å². The van der Waals surface area contributed by atoms with Crippen LogP contribution in [0.25, 0.3) is 0 Å². The highest BCUT2D eigenvalue weighted by atomic mass is 19.1. The number of halogens is 1. The Morgan fingerprint density at radius 2 is 1.90 bits per heavy atom. The Labute approximate surface area is 119 Å². The molecule has 0 unspecified atom stereocenters. The van der Waals surface area contributed by atoms with E-state index < -0.39 is 5.60 Å². The minimum absolute atomic E-state index is 0.116. The van der Waals surface area contributed by atoms with E-state index in [0.29, 0.717) is 5.75 Å². The molecule has 5 heteroatoms.